The van der Waals surface area contributed by atoms with Gasteiger partial charge in [-0.05, 0) is 19.1 Å². The van der Waals surface area contributed by atoms with Crippen LogP contribution in [-0.4, -0.2) is 18.8 Å². The SMILES string of the molecule is CC.CCOC(=O)C=Nc1ccccc1. The number of hydrogen-bond acceptors (Lipinski definition) is 3. The predicted octanol–water partition coefficient (Wildman–Crippen LogP) is 2.98. The van der Waals surface area contributed by atoms with E-state index in [1.165, 1.54) is 6.21 Å². The standard InChI is InChI=1S/C10H11NO2.C2H6/c1-2-13-10(12)8-11-9-6-4-3-5-7-9;1-2/h3-8H,2H2,1H3;1-2H3. The number of aliphatic imine (C=N–C) groups is 1. The van der Waals surface area contributed by atoms with Gasteiger partial charge in [0.05, 0.1) is 12.3 Å². The Hall–Kier alpha value is -1.64. The topological polar surface area (TPSA) is 38.7 Å². The summed E-state index contributed by atoms with van der Waals surface area (Å²) >= 11 is 0. The molecule has 3 heteroatoms. The summed E-state index contributed by atoms with van der Waals surface area (Å²) in [6.07, 6.45) is 1.18. The number of ether oxygens (including phenoxy) is 1. The van der Waals surface area contributed by atoms with E-state index in [0.29, 0.717) is 6.61 Å². The van der Waals surface area contributed by atoms with Gasteiger partial charge >= 0.3 is 5.97 Å². The quantitative estimate of drug-likeness (QED) is 0.564. The van der Waals surface area contributed by atoms with Crippen LogP contribution in [0.1, 0.15) is 20.8 Å². The molecule has 0 radical (unpaired) electrons. The molecule has 1 aromatic rings. The number of carbonyl (C=O) groups is 1. The fraction of sp³-hybridized carbons (Fsp3) is 0.333. The maximum atomic E-state index is 10.8. The molecule has 1 rings (SSSR count). The maximum Gasteiger partial charge on any atom is 0.349 e. The van der Waals surface area contributed by atoms with E-state index in [1.807, 2.05) is 44.2 Å². The molecule has 0 unspecified atom stereocenters. The third kappa shape index (κ3) is 6.43. The monoisotopic (exact) mass is 207 g/mol. The van der Waals surface area contributed by atoms with E-state index < -0.39 is 5.97 Å². The van der Waals surface area contributed by atoms with E-state index >= 15 is 0 Å². The van der Waals surface area contributed by atoms with Crippen molar-refractivity contribution in [3.63, 3.8) is 0 Å². The van der Waals surface area contributed by atoms with Crippen LogP contribution >= 0.6 is 0 Å². The Bertz CT molecular complexity index is 294. The molecule has 0 aliphatic carbocycles. The van der Waals surface area contributed by atoms with Gasteiger partial charge in [-0.25, -0.2) is 9.79 Å². The van der Waals surface area contributed by atoms with Crippen LogP contribution in [0, 0.1) is 0 Å². The Balaban J connectivity index is 0.000000921. The number of nitrogens with zero attached hydrogens (tertiary/aromatic N) is 1. The fourth-order valence-electron chi connectivity index (χ4n) is 0.821. The predicted molar refractivity (Wildman–Crippen MR) is 62.6 cm³/mol. The summed E-state index contributed by atoms with van der Waals surface area (Å²) in [5.74, 6) is -0.411. The van der Waals surface area contributed by atoms with Crippen molar-refractivity contribution in [2.75, 3.05) is 6.61 Å². The van der Waals surface area contributed by atoms with Gasteiger partial charge in [-0.1, -0.05) is 32.0 Å². The highest BCUT2D eigenvalue weighted by atomic mass is 16.5. The van der Waals surface area contributed by atoms with Crippen molar-refractivity contribution in [1.29, 1.82) is 0 Å². The minimum Gasteiger partial charge on any atom is -0.462 e. The molecular formula is C12H17NO2. The van der Waals surface area contributed by atoms with E-state index in [1.54, 1.807) is 6.92 Å². The lowest BCUT2D eigenvalue weighted by molar-refractivity contribution is -0.134. The Labute approximate surface area is 90.8 Å². The third-order valence-electron chi connectivity index (χ3n) is 1.36. The molecule has 0 fully saturated rings. The molecule has 0 aliphatic rings. The van der Waals surface area contributed by atoms with E-state index in [2.05, 4.69) is 9.73 Å². The molecule has 82 valence electrons. The van der Waals surface area contributed by atoms with E-state index in [0.717, 1.165) is 5.69 Å². The maximum absolute atomic E-state index is 10.8. The lowest BCUT2D eigenvalue weighted by Gasteiger charge is -1.94. The van der Waals surface area contributed by atoms with Crippen LogP contribution in [-0.2, 0) is 9.53 Å². The van der Waals surface area contributed by atoms with Gasteiger partial charge < -0.3 is 4.74 Å². The second-order valence-electron chi connectivity index (χ2n) is 2.35. The molecule has 3 nitrogen and oxygen atoms in total. The van der Waals surface area contributed by atoms with E-state index in [9.17, 15) is 4.79 Å². The van der Waals surface area contributed by atoms with E-state index in [-0.39, 0.29) is 0 Å². The van der Waals surface area contributed by atoms with Crippen LogP contribution in [0.4, 0.5) is 5.69 Å². The van der Waals surface area contributed by atoms with Crippen LogP contribution in [0.25, 0.3) is 0 Å². The van der Waals surface area contributed by atoms with Gasteiger partial charge in [-0.3, -0.25) is 0 Å². The van der Waals surface area contributed by atoms with E-state index in [4.69, 9.17) is 0 Å². The van der Waals surface area contributed by atoms with Crippen molar-refractivity contribution in [1.82, 2.24) is 0 Å². The van der Waals surface area contributed by atoms with Crippen LogP contribution < -0.4 is 0 Å². The first-order valence-electron chi connectivity index (χ1n) is 5.09. The molecule has 0 aromatic heterocycles. The molecular weight excluding hydrogens is 190 g/mol. The lowest BCUT2D eigenvalue weighted by atomic mass is 10.3. The van der Waals surface area contributed by atoms with Crippen LogP contribution in [0.15, 0.2) is 35.3 Å². The Kier molecular flexibility index (Phi) is 7.96. The largest absolute Gasteiger partial charge is 0.462 e. The number of hydrogen-bond donors (Lipinski definition) is 0. The number of esters is 1. The molecule has 15 heavy (non-hydrogen) atoms. The molecule has 0 aliphatic heterocycles. The van der Waals surface area contributed by atoms with Gasteiger partial charge in [0.15, 0.2) is 0 Å². The number of para-hydroxylation sites is 1. The van der Waals surface area contributed by atoms with Gasteiger partial charge in [0.25, 0.3) is 0 Å². The molecule has 0 spiro atoms. The van der Waals surface area contributed by atoms with Gasteiger partial charge in [-0.2, -0.15) is 0 Å². The average Bonchev–Trinajstić information content (AvgIpc) is 2.31. The second kappa shape index (κ2) is 8.94. The van der Waals surface area contributed by atoms with Crippen molar-refractivity contribution in [3.8, 4) is 0 Å². The molecule has 0 amide bonds. The van der Waals surface area contributed by atoms with Gasteiger partial charge in [0, 0.05) is 0 Å². The summed E-state index contributed by atoms with van der Waals surface area (Å²) in [6.45, 7) is 6.13. The highest BCUT2D eigenvalue weighted by molar-refractivity contribution is 6.23. The summed E-state index contributed by atoms with van der Waals surface area (Å²) in [5, 5.41) is 0. The minimum atomic E-state index is -0.411. The molecule has 0 bridgehead atoms. The Morgan fingerprint density at radius 1 is 1.33 bits per heavy atom. The van der Waals surface area contributed by atoms with Gasteiger partial charge in [0.2, 0.25) is 0 Å². The minimum absolute atomic E-state index is 0.375. The van der Waals surface area contributed by atoms with Crippen molar-refractivity contribution < 1.29 is 9.53 Å². The number of rotatable bonds is 3. The first kappa shape index (κ1) is 13.4. The lowest BCUT2D eigenvalue weighted by Crippen LogP contribution is -2.04. The molecule has 0 heterocycles. The Morgan fingerprint density at radius 2 is 1.93 bits per heavy atom. The molecule has 0 atom stereocenters. The zero-order chi connectivity index (χ0) is 11.5. The van der Waals surface area contributed by atoms with Gasteiger partial charge in [-0.15, -0.1) is 0 Å². The average molecular weight is 207 g/mol. The van der Waals surface area contributed by atoms with Gasteiger partial charge in [0.1, 0.15) is 6.21 Å². The molecule has 0 saturated heterocycles. The van der Waals surface area contributed by atoms with Crippen LogP contribution in [0.3, 0.4) is 0 Å². The van der Waals surface area contributed by atoms with Crippen molar-refractivity contribution >= 4 is 17.9 Å². The third-order valence-corrected chi connectivity index (χ3v) is 1.36. The summed E-state index contributed by atoms with van der Waals surface area (Å²) in [6, 6.07) is 9.24. The highest BCUT2D eigenvalue weighted by Crippen LogP contribution is 2.08. The molecule has 1 aromatic carbocycles. The van der Waals surface area contributed by atoms with Crippen LogP contribution in [0.5, 0.6) is 0 Å². The van der Waals surface area contributed by atoms with Crippen molar-refractivity contribution in [3.05, 3.63) is 30.3 Å². The number of carbonyl (C=O) groups excluding carboxylic acids is 1. The second-order valence-corrected chi connectivity index (χ2v) is 2.35. The normalized spacial score (nSPS) is 9.27. The summed E-state index contributed by atoms with van der Waals surface area (Å²) in [4.78, 5) is 14.8. The molecule has 0 N–H and O–H groups in total. The summed E-state index contributed by atoms with van der Waals surface area (Å²) in [5.41, 5.74) is 0.746. The highest BCUT2D eigenvalue weighted by Gasteiger charge is 1.93. The first-order chi connectivity index (χ1) is 7.33. The van der Waals surface area contributed by atoms with Crippen molar-refractivity contribution in [2.24, 2.45) is 4.99 Å². The summed E-state index contributed by atoms with van der Waals surface area (Å²) < 4.78 is 4.68. The first-order valence-corrected chi connectivity index (χ1v) is 5.09. The zero-order valence-corrected chi connectivity index (χ0v) is 9.43. The fourth-order valence-corrected chi connectivity index (χ4v) is 0.821. The Morgan fingerprint density at radius 3 is 2.47 bits per heavy atom. The number of benzene rings is 1. The van der Waals surface area contributed by atoms with Crippen molar-refractivity contribution in [2.45, 2.75) is 20.8 Å². The molecule has 0 saturated carbocycles. The van der Waals surface area contributed by atoms with Crippen LogP contribution in [0.2, 0.25) is 0 Å². The smallest absolute Gasteiger partial charge is 0.349 e. The summed E-state index contributed by atoms with van der Waals surface area (Å²) in [7, 11) is 0. The zero-order valence-electron chi connectivity index (χ0n) is 9.43.